The highest BCUT2D eigenvalue weighted by molar-refractivity contribution is 5.70. The van der Waals surface area contributed by atoms with Gasteiger partial charge >= 0.3 is 17.9 Å². The van der Waals surface area contributed by atoms with Crippen molar-refractivity contribution in [1.29, 1.82) is 0 Å². The lowest BCUT2D eigenvalue weighted by Gasteiger charge is -2.28. The van der Waals surface area contributed by atoms with Crippen molar-refractivity contribution in [3.63, 3.8) is 0 Å². The van der Waals surface area contributed by atoms with Crippen LogP contribution >= 0.6 is 0 Å². The molecule has 0 aliphatic rings. The summed E-state index contributed by atoms with van der Waals surface area (Å²) < 4.78 is 17.0. The predicted molar refractivity (Wildman–Crippen MR) is 210 cm³/mol. The van der Waals surface area contributed by atoms with Crippen molar-refractivity contribution in [1.82, 2.24) is 0 Å². The number of esters is 3. The van der Waals surface area contributed by atoms with Gasteiger partial charge in [0.1, 0.15) is 19.8 Å². The van der Waals surface area contributed by atoms with Crippen LogP contribution in [0.3, 0.4) is 0 Å². The first kappa shape index (κ1) is 48.4. The summed E-state index contributed by atoms with van der Waals surface area (Å²) >= 11 is 0. The van der Waals surface area contributed by atoms with Gasteiger partial charge in [0.2, 0.25) is 0 Å². The minimum atomic E-state index is -0.770. The van der Waals surface area contributed by atoms with Gasteiger partial charge in [0, 0.05) is 19.3 Å². The number of hydrogen-bond donors (Lipinski definition) is 0. The molecule has 0 unspecified atom stereocenters. The molecule has 0 rings (SSSR count). The van der Waals surface area contributed by atoms with Crippen molar-refractivity contribution in [3.05, 3.63) is 0 Å². The summed E-state index contributed by atoms with van der Waals surface area (Å²) in [5.74, 6) is -0.697. The Hall–Kier alpha value is -1.59. The highest BCUT2D eigenvalue weighted by atomic mass is 16.6. The topological polar surface area (TPSA) is 78.9 Å². The zero-order valence-corrected chi connectivity index (χ0v) is 33.9. The van der Waals surface area contributed by atoms with E-state index in [0.29, 0.717) is 19.3 Å². The van der Waals surface area contributed by atoms with Crippen molar-refractivity contribution >= 4 is 17.9 Å². The average Bonchev–Trinajstić information content (AvgIpc) is 3.11. The van der Waals surface area contributed by atoms with Gasteiger partial charge in [0.05, 0.1) is 5.41 Å². The molecule has 296 valence electrons. The SMILES string of the molecule is CCCCCCCCCCCCC(=O)OCC(C)(COC(=O)CCCCCCCCCCCC)COC(=O)CCCCCCCCCCCC. The first-order chi connectivity index (χ1) is 24.4. The van der Waals surface area contributed by atoms with Crippen molar-refractivity contribution in [2.45, 2.75) is 240 Å². The zero-order chi connectivity index (χ0) is 36.8. The molecule has 0 aliphatic heterocycles. The van der Waals surface area contributed by atoms with Crippen LogP contribution in [0.4, 0.5) is 0 Å². The predicted octanol–water partition coefficient (Wildman–Crippen LogP) is 13.6. The molecule has 0 bridgehead atoms. The van der Waals surface area contributed by atoms with E-state index in [9.17, 15) is 14.4 Å². The second-order valence-corrected chi connectivity index (χ2v) is 15.6. The monoisotopic (exact) mass is 709 g/mol. The molecule has 0 saturated carbocycles. The molecule has 0 N–H and O–H groups in total. The standard InChI is InChI=1S/C44H84O6/c1-5-8-11-14-17-20-23-26-29-32-35-41(45)48-38-44(4,39-49-42(46)36-33-30-27-24-21-18-15-12-9-6-2)40-50-43(47)37-34-31-28-25-22-19-16-13-10-7-3/h5-40H2,1-4H3. The third kappa shape index (κ3) is 34.8. The van der Waals surface area contributed by atoms with Crippen LogP contribution in [-0.2, 0) is 28.6 Å². The largest absolute Gasteiger partial charge is 0.465 e. The number of rotatable bonds is 39. The fraction of sp³-hybridized carbons (Fsp3) is 0.932. The Labute approximate surface area is 310 Å². The van der Waals surface area contributed by atoms with Gasteiger partial charge in [-0.1, -0.05) is 194 Å². The maximum absolute atomic E-state index is 12.6. The molecule has 0 heterocycles. The molecule has 0 fully saturated rings. The van der Waals surface area contributed by atoms with E-state index in [1.807, 2.05) is 6.92 Å². The highest BCUT2D eigenvalue weighted by Gasteiger charge is 2.30. The summed E-state index contributed by atoms with van der Waals surface area (Å²) in [6.45, 7) is 8.83. The van der Waals surface area contributed by atoms with E-state index in [1.54, 1.807) is 0 Å². The normalized spacial score (nSPS) is 11.5. The van der Waals surface area contributed by atoms with Crippen molar-refractivity contribution in [2.75, 3.05) is 19.8 Å². The van der Waals surface area contributed by atoms with Crippen LogP contribution in [0.5, 0.6) is 0 Å². The molecule has 0 amide bonds. The van der Waals surface area contributed by atoms with E-state index >= 15 is 0 Å². The molecule has 0 aromatic heterocycles. The third-order valence-electron chi connectivity index (χ3n) is 9.95. The van der Waals surface area contributed by atoms with E-state index in [1.165, 1.54) is 135 Å². The van der Waals surface area contributed by atoms with Crippen molar-refractivity contribution < 1.29 is 28.6 Å². The summed E-state index contributed by atoms with van der Waals surface area (Å²) in [5, 5.41) is 0. The fourth-order valence-electron chi connectivity index (χ4n) is 6.38. The number of hydrogen-bond acceptors (Lipinski definition) is 6. The van der Waals surface area contributed by atoms with E-state index in [4.69, 9.17) is 14.2 Å². The van der Waals surface area contributed by atoms with Gasteiger partial charge in [-0.05, 0) is 26.2 Å². The highest BCUT2D eigenvalue weighted by Crippen LogP contribution is 2.21. The molecule has 0 aliphatic carbocycles. The maximum atomic E-state index is 12.6. The average molecular weight is 709 g/mol. The fourth-order valence-corrected chi connectivity index (χ4v) is 6.38. The Morgan fingerprint density at radius 2 is 0.500 bits per heavy atom. The molecule has 0 saturated heterocycles. The summed E-state index contributed by atoms with van der Waals surface area (Å²) in [6, 6.07) is 0. The van der Waals surface area contributed by atoms with Crippen molar-refractivity contribution in [3.8, 4) is 0 Å². The van der Waals surface area contributed by atoms with Crippen LogP contribution < -0.4 is 0 Å². The molecule has 6 nitrogen and oxygen atoms in total. The quantitative estimate of drug-likeness (QED) is 0.0359. The molecular formula is C44H84O6. The molecule has 50 heavy (non-hydrogen) atoms. The third-order valence-corrected chi connectivity index (χ3v) is 9.95. The molecular weight excluding hydrogens is 624 g/mol. The minimum absolute atomic E-state index is 0.0701. The van der Waals surface area contributed by atoms with Crippen LogP contribution in [0, 0.1) is 5.41 Å². The molecule has 0 radical (unpaired) electrons. The number of ether oxygens (including phenoxy) is 3. The number of carbonyl (C=O) groups excluding carboxylic acids is 3. The molecule has 0 spiro atoms. The molecule has 6 heteroatoms. The number of unbranched alkanes of at least 4 members (excludes halogenated alkanes) is 27. The summed E-state index contributed by atoms with van der Waals surface area (Å²) in [7, 11) is 0. The second-order valence-electron chi connectivity index (χ2n) is 15.6. The lowest BCUT2D eigenvalue weighted by Crippen LogP contribution is -2.37. The molecule has 0 aromatic rings. The van der Waals surface area contributed by atoms with Crippen LogP contribution in [0.1, 0.15) is 240 Å². The van der Waals surface area contributed by atoms with Crippen LogP contribution in [0.25, 0.3) is 0 Å². The Bertz CT molecular complexity index is 668. The van der Waals surface area contributed by atoms with Crippen LogP contribution in [-0.4, -0.2) is 37.7 Å². The Balaban J connectivity index is 4.48. The van der Waals surface area contributed by atoms with E-state index in [-0.39, 0.29) is 37.7 Å². The smallest absolute Gasteiger partial charge is 0.305 e. The van der Waals surface area contributed by atoms with Gasteiger partial charge in [-0.15, -0.1) is 0 Å². The Morgan fingerprint density at radius 1 is 0.320 bits per heavy atom. The van der Waals surface area contributed by atoms with Gasteiger partial charge in [0.25, 0.3) is 0 Å². The van der Waals surface area contributed by atoms with Gasteiger partial charge in [-0.3, -0.25) is 14.4 Å². The van der Waals surface area contributed by atoms with Gasteiger partial charge in [-0.2, -0.15) is 0 Å². The lowest BCUT2D eigenvalue weighted by molar-refractivity contribution is -0.160. The van der Waals surface area contributed by atoms with E-state index in [0.717, 1.165) is 57.8 Å². The minimum Gasteiger partial charge on any atom is -0.465 e. The van der Waals surface area contributed by atoms with Crippen LogP contribution in [0.2, 0.25) is 0 Å². The lowest BCUT2D eigenvalue weighted by atomic mass is 9.94. The van der Waals surface area contributed by atoms with Gasteiger partial charge in [-0.25, -0.2) is 0 Å². The molecule has 0 aromatic carbocycles. The van der Waals surface area contributed by atoms with Crippen LogP contribution in [0.15, 0.2) is 0 Å². The summed E-state index contributed by atoms with van der Waals surface area (Å²) in [4.78, 5) is 37.8. The first-order valence-corrected chi connectivity index (χ1v) is 21.8. The Kier molecular flexibility index (Phi) is 36.0. The Morgan fingerprint density at radius 3 is 0.700 bits per heavy atom. The summed E-state index contributed by atoms with van der Waals surface area (Å²) in [5.41, 5.74) is -0.770. The molecule has 0 atom stereocenters. The van der Waals surface area contributed by atoms with Gasteiger partial charge < -0.3 is 14.2 Å². The maximum Gasteiger partial charge on any atom is 0.305 e. The van der Waals surface area contributed by atoms with Crippen molar-refractivity contribution in [2.24, 2.45) is 5.41 Å². The zero-order valence-electron chi connectivity index (χ0n) is 33.9. The second kappa shape index (κ2) is 37.2. The van der Waals surface area contributed by atoms with Gasteiger partial charge in [0.15, 0.2) is 0 Å². The number of carbonyl (C=O) groups is 3. The van der Waals surface area contributed by atoms with E-state index < -0.39 is 5.41 Å². The first-order valence-electron chi connectivity index (χ1n) is 21.8. The van der Waals surface area contributed by atoms with E-state index in [2.05, 4.69) is 20.8 Å². The summed E-state index contributed by atoms with van der Waals surface area (Å²) in [6.07, 6.45) is 37.6.